The number of rotatable bonds is 7. The maximum Gasteiger partial charge on any atom is 0.253 e. The molecule has 2 aromatic heterocycles. The van der Waals surface area contributed by atoms with Gasteiger partial charge in [-0.25, -0.2) is 4.68 Å². The van der Waals surface area contributed by atoms with Gasteiger partial charge in [-0.2, -0.15) is 0 Å². The molecular weight excluding hydrogens is 450 g/mol. The Morgan fingerprint density at radius 1 is 1.14 bits per heavy atom. The molecule has 2 fully saturated rings. The van der Waals surface area contributed by atoms with Crippen molar-refractivity contribution in [3.63, 3.8) is 0 Å². The fourth-order valence-electron chi connectivity index (χ4n) is 5.40. The number of aromatic nitrogens is 5. The normalized spacial score (nSPS) is 21.7. The van der Waals surface area contributed by atoms with Crippen molar-refractivity contribution in [1.82, 2.24) is 35.0 Å². The van der Waals surface area contributed by atoms with Crippen LogP contribution in [0.2, 0.25) is 0 Å². The van der Waals surface area contributed by atoms with Crippen molar-refractivity contribution in [2.45, 2.75) is 44.9 Å². The number of piperazine rings is 1. The highest BCUT2D eigenvalue weighted by atomic mass is 16.7. The molecule has 0 amide bonds. The monoisotopic (exact) mass is 481 g/mol. The minimum absolute atomic E-state index is 0.0916. The first-order valence-corrected chi connectivity index (χ1v) is 12.5. The van der Waals surface area contributed by atoms with Gasteiger partial charge in [-0.05, 0) is 48.4 Å². The zero-order chi connectivity index (χ0) is 23.8. The van der Waals surface area contributed by atoms with E-state index >= 15 is 0 Å². The van der Waals surface area contributed by atoms with Gasteiger partial charge in [0.1, 0.15) is 6.04 Å². The highest BCUT2D eigenvalue weighted by Crippen LogP contribution is 2.36. The van der Waals surface area contributed by atoms with Gasteiger partial charge < -0.3 is 24.1 Å². The Labute approximate surface area is 202 Å². The quantitative estimate of drug-likeness (QED) is 0.537. The van der Waals surface area contributed by atoms with Crippen LogP contribution in [-0.4, -0.2) is 87.2 Å². The van der Waals surface area contributed by atoms with Gasteiger partial charge in [-0.3, -0.25) is 9.69 Å². The third kappa shape index (κ3) is 4.39. The molecule has 3 aliphatic rings. The van der Waals surface area contributed by atoms with Crippen LogP contribution in [-0.2, 0) is 11.3 Å². The van der Waals surface area contributed by atoms with E-state index in [4.69, 9.17) is 14.2 Å². The van der Waals surface area contributed by atoms with Gasteiger partial charge >= 0.3 is 0 Å². The molecule has 2 saturated heterocycles. The van der Waals surface area contributed by atoms with Crippen molar-refractivity contribution in [3.8, 4) is 11.5 Å². The second-order valence-electron chi connectivity index (χ2n) is 9.48. The molecule has 0 aliphatic carbocycles. The van der Waals surface area contributed by atoms with Gasteiger partial charge in [0, 0.05) is 49.8 Å². The van der Waals surface area contributed by atoms with Gasteiger partial charge in [-0.1, -0.05) is 6.92 Å². The summed E-state index contributed by atoms with van der Waals surface area (Å²) in [5.41, 5.74) is 1.20. The van der Waals surface area contributed by atoms with Gasteiger partial charge in [-0.15, -0.1) is 5.10 Å². The van der Waals surface area contributed by atoms with Crippen LogP contribution in [0, 0.1) is 0 Å². The minimum Gasteiger partial charge on any atom is -0.454 e. The molecule has 3 aliphatic heterocycles. The average molecular weight is 482 g/mol. The van der Waals surface area contributed by atoms with E-state index in [0.29, 0.717) is 34.9 Å². The van der Waals surface area contributed by atoms with Crippen LogP contribution in [0.1, 0.15) is 43.6 Å². The second-order valence-corrected chi connectivity index (χ2v) is 9.48. The van der Waals surface area contributed by atoms with Crippen molar-refractivity contribution in [2.24, 2.45) is 0 Å². The molecule has 2 atom stereocenters. The number of hydrogen-bond acceptors (Lipinski definition) is 9. The van der Waals surface area contributed by atoms with Crippen LogP contribution in [0.3, 0.4) is 0 Å². The molecule has 0 spiro atoms. The number of nitrogens with zero attached hydrogens (tertiary/aromatic N) is 6. The number of ether oxygens (including phenoxy) is 3. The summed E-state index contributed by atoms with van der Waals surface area (Å²) < 4.78 is 18.7. The highest BCUT2D eigenvalue weighted by molar-refractivity contribution is 5.83. The second kappa shape index (κ2) is 9.56. The summed E-state index contributed by atoms with van der Waals surface area (Å²) in [7, 11) is 0. The third-order valence-corrected chi connectivity index (χ3v) is 7.18. The number of benzene rings is 1. The van der Waals surface area contributed by atoms with E-state index in [1.807, 2.05) is 22.9 Å². The van der Waals surface area contributed by atoms with Crippen molar-refractivity contribution >= 4 is 10.9 Å². The lowest BCUT2D eigenvalue weighted by Gasteiger charge is -2.38. The zero-order valence-corrected chi connectivity index (χ0v) is 20.0. The Balaban J connectivity index is 1.40. The molecule has 35 heavy (non-hydrogen) atoms. The summed E-state index contributed by atoms with van der Waals surface area (Å²) >= 11 is 0. The topological polar surface area (TPSA) is 111 Å². The molecule has 6 rings (SSSR count). The van der Waals surface area contributed by atoms with Crippen molar-refractivity contribution in [1.29, 1.82) is 0 Å². The lowest BCUT2D eigenvalue weighted by Crippen LogP contribution is -2.49. The van der Waals surface area contributed by atoms with E-state index in [-0.39, 0.29) is 24.5 Å². The number of aromatic amines is 1. The van der Waals surface area contributed by atoms with Crippen LogP contribution in [0.5, 0.6) is 11.5 Å². The van der Waals surface area contributed by atoms with Gasteiger partial charge in [0.25, 0.3) is 5.56 Å². The number of pyridine rings is 1. The fourth-order valence-corrected chi connectivity index (χ4v) is 5.40. The molecule has 5 heterocycles. The third-order valence-electron chi connectivity index (χ3n) is 7.18. The Morgan fingerprint density at radius 2 is 1.97 bits per heavy atom. The lowest BCUT2D eigenvalue weighted by atomic mass is 10.0. The number of fused-ring (bicyclic) bond motifs is 2. The van der Waals surface area contributed by atoms with Gasteiger partial charge in [0.2, 0.25) is 6.79 Å². The number of tetrazole rings is 1. The molecule has 0 bridgehead atoms. The maximum atomic E-state index is 13.5. The summed E-state index contributed by atoms with van der Waals surface area (Å²) in [6.45, 7) is 8.37. The molecule has 11 nitrogen and oxygen atoms in total. The van der Waals surface area contributed by atoms with E-state index in [2.05, 4.69) is 37.2 Å². The SMILES string of the molecule is CCCN1CCN(C(c2cc3cc4c(cc3[nH]c2=O)OCO4)c2nnnn2CC2CCCO2)CC1. The summed E-state index contributed by atoms with van der Waals surface area (Å²) in [5, 5.41) is 13.6. The number of H-pyrrole nitrogens is 1. The Morgan fingerprint density at radius 3 is 2.74 bits per heavy atom. The van der Waals surface area contributed by atoms with Crippen LogP contribution >= 0.6 is 0 Å². The van der Waals surface area contributed by atoms with Crippen LogP contribution in [0.25, 0.3) is 10.9 Å². The zero-order valence-electron chi connectivity index (χ0n) is 20.0. The van der Waals surface area contributed by atoms with Crippen LogP contribution in [0.4, 0.5) is 0 Å². The van der Waals surface area contributed by atoms with Gasteiger partial charge in [0.15, 0.2) is 17.3 Å². The molecule has 186 valence electrons. The van der Waals surface area contributed by atoms with E-state index in [1.54, 1.807) is 0 Å². The largest absolute Gasteiger partial charge is 0.454 e. The maximum absolute atomic E-state index is 13.5. The summed E-state index contributed by atoms with van der Waals surface area (Å²) in [6.07, 6.45) is 3.26. The summed E-state index contributed by atoms with van der Waals surface area (Å²) in [5.74, 6) is 2.00. The molecule has 0 radical (unpaired) electrons. The van der Waals surface area contributed by atoms with Gasteiger partial charge in [0.05, 0.1) is 18.2 Å². The molecule has 1 N–H and O–H groups in total. The summed E-state index contributed by atoms with van der Waals surface area (Å²) in [6, 6.07) is 5.32. The smallest absolute Gasteiger partial charge is 0.253 e. The highest BCUT2D eigenvalue weighted by Gasteiger charge is 2.33. The Hall–Kier alpha value is -3.02. The van der Waals surface area contributed by atoms with Crippen molar-refractivity contribution in [3.05, 3.63) is 39.9 Å². The molecule has 11 heteroatoms. The molecule has 2 unspecified atom stereocenters. The fraction of sp³-hybridized carbons (Fsp3) is 0.583. The molecule has 1 aromatic carbocycles. The average Bonchev–Trinajstić information content (AvgIpc) is 3.63. The van der Waals surface area contributed by atoms with E-state index in [9.17, 15) is 4.79 Å². The van der Waals surface area contributed by atoms with E-state index in [0.717, 1.165) is 64.0 Å². The predicted octanol–water partition coefficient (Wildman–Crippen LogP) is 1.54. The van der Waals surface area contributed by atoms with Crippen LogP contribution in [0.15, 0.2) is 23.0 Å². The molecule has 0 saturated carbocycles. The number of nitrogens with one attached hydrogen (secondary N) is 1. The van der Waals surface area contributed by atoms with Crippen molar-refractivity contribution in [2.75, 3.05) is 46.1 Å². The Bertz CT molecular complexity index is 1240. The molecular formula is C24H31N7O4. The lowest BCUT2D eigenvalue weighted by molar-refractivity contribution is 0.0852. The van der Waals surface area contributed by atoms with Crippen LogP contribution < -0.4 is 15.0 Å². The van der Waals surface area contributed by atoms with Crippen molar-refractivity contribution < 1.29 is 14.2 Å². The summed E-state index contributed by atoms with van der Waals surface area (Å²) in [4.78, 5) is 21.3. The first-order chi connectivity index (χ1) is 17.2. The standard InChI is InChI=1S/C24H31N7O4/c1-2-5-29-6-8-30(9-7-29)22(23-26-27-28-31(23)14-17-4-3-10-33-17)18-11-16-12-20-21(35-15-34-20)13-19(16)25-24(18)32/h11-13,17,22H,2-10,14-15H2,1H3,(H,25,32). The molecule has 3 aromatic rings. The predicted molar refractivity (Wildman–Crippen MR) is 128 cm³/mol. The minimum atomic E-state index is -0.367. The number of hydrogen-bond donors (Lipinski definition) is 1. The van der Waals surface area contributed by atoms with E-state index < -0.39 is 0 Å². The Kier molecular flexibility index (Phi) is 6.13. The van der Waals surface area contributed by atoms with E-state index in [1.165, 1.54) is 0 Å². The first kappa shape index (κ1) is 22.4. The first-order valence-electron chi connectivity index (χ1n) is 12.5.